The van der Waals surface area contributed by atoms with E-state index in [1.807, 2.05) is 0 Å². The van der Waals surface area contributed by atoms with E-state index in [0.29, 0.717) is 4.88 Å². The van der Waals surface area contributed by atoms with Crippen molar-refractivity contribution in [3.05, 3.63) is 59.9 Å². The number of hydrogen-bond donors (Lipinski definition) is 1. The quantitative estimate of drug-likeness (QED) is 0.317. The maximum atomic E-state index is 13.8. The average Bonchev–Trinajstić information content (AvgIpc) is 3.55. The molecule has 16 heteroatoms. The number of aromatic nitrogens is 5. The number of halogens is 5. The molecule has 186 valence electrons. The lowest BCUT2D eigenvalue weighted by Gasteiger charge is -2.10. The van der Waals surface area contributed by atoms with Gasteiger partial charge in [-0.3, -0.25) is 0 Å². The van der Waals surface area contributed by atoms with Crippen LogP contribution in [0.3, 0.4) is 0 Å². The van der Waals surface area contributed by atoms with Crippen LogP contribution in [0, 0.1) is 0 Å². The first-order valence-electron chi connectivity index (χ1n) is 9.73. The Morgan fingerprint density at radius 2 is 1.78 bits per heavy atom. The molecule has 4 aromatic heterocycles. The van der Waals surface area contributed by atoms with Crippen LogP contribution in [-0.2, 0) is 16.2 Å². The number of benzene rings is 1. The molecule has 0 saturated heterocycles. The summed E-state index contributed by atoms with van der Waals surface area (Å²) in [6.07, 6.45) is -6.38. The highest BCUT2D eigenvalue weighted by molar-refractivity contribution is 7.91. The van der Waals surface area contributed by atoms with Gasteiger partial charge in [-0.25, -0.2) is 31.8 Å². The predicted octanol–water partition coefficient (Wildman–Crippen LogP) is 4.78. The number of thiophene rings is 1. The molecule has 0 aliphatic heterocycles. The fraction of sp³-hybridized carbons (Fsp3) is 0.100. The van der Waals surface area contributed by atoms with Gasteiger partial charge in [0, 0.05) is 5.56 Å². The van der Waals surface area contributed by atoms with Gasteiger partial charge >= 0.3 is 6.18 Å². The zero-order valence-corrected chi connectivity index (χ0v) is 19.1. The highest BCUT2D eigenvalue weighted by atomic mass is 32.2. The minimum atomic E-state index is -4.56. The molecular weight excluding hydrogens is 531 g/mol. The maximum absolute atomic E-state index is 13.8. The van der Waals surface area contributed by atoms with Crippen LogP contribution in [0.25, 0.3) is 39.1 Å². The molecule has 0 aliphatic rings. The second-order valence-corrected chi connectivity index (χ2v) is 10.2. The number of alkyl halides is 5. The zero-order chi connectivity index (χ0) is 25.8. The number of sulfonamides is 1. The molecule has 0 saturated carbocycles. The molecule has 1 aromatic carbocycles. The molecule has 9 nitrogen and oxygen atoms in total. The van der Waals surface area contributed by atoms with Crippen LogP contribution in [0.15, 0.2) is 57.4 Å². The Labute approximate surface area is 202 Å². The number of rotatable bonds is 5. The number of nitrogens with zero attached hydrogens (tertiary/aromatic N) is 5. The Hall–Kier alpha value is -3.76. The standard InChI is InChI=1S/C20H11F5N6O3S2/c21-16(22)13-7-12(9-1-3-10(4-2-9)20(23,24)25)28-18-11(8-27-31(13)18)19-29-17(30-34-19)14-5-6-15(35-14)36(26,32)33/h1-8,16H,(H2,26,32,33). The van der Waals surface area contributed by atoms with E-state index in [0.717, 1.165) is 46.2 Å². The molecule has 4 heterocycles. The van der Waals surface area contributed by atoms with Crippen LogP contribution in [0.2, 0.25) is 0 Å². The Bertz CT molecular complexity index is 1690. The van der Waals surface area contributed by atoms with Crippen molar-refractivity contribution < 1.29 is 34.9 Å². The van der Waals surface area contributed by atoms with Crippen molar-refractivity contribution in [2.24, 2.45) is 5.14 Å². The third-order valence-electron chi connectivity index (χ3n) is 4.97. The fourth-order valence-corrected chi connectivity index (χ4v) is 4.95. The minimum absolute atomic E-state index is 0.0113. The Morgan fingerprint density at radius 3 is 2.39 bits per heavy atom. The first-order chi connectivity index (χ1) is 16.9. The Kier molecular flexibility index (Phi) is 5.60. The van der Waals surface area contributed by atoms with Gasteiger partial charge in [-0.15, -0.1) is 11.3 Å². The molecular formula is C20H11F5N6O3S2. The van der Waals surface area contributed by atoms with Gasteiger partial charge in [0.25, 0.3) is 12.3 Å². The smallest absolute Gasteiger partial charge is 0.333 e. The fourth-order valence-electron chi connectivity index (χ4n) is 3.30. The summed E-state index contributed by atoms with van der Waals surface area (Å²) in [5.74, 6) is -0.139. The van der Waals surface area contributed by atoms with Crippen molar-refractivity contribution in [3.8, 4) is 33.4 Å². The summed E-state index contributed by atoms with van der Waals surface area (Å²) in [4.78, 5) is 8.79. The normalized spacial score (nSPS) is 12.6. The van der Waals surface area contributed by atoms with Crippen molar-refractivity contribution in [1.82, 2.24) is 24.7 Å². The molecule has 0 aliphatic carbocycles. The lowest BCUT2D eigenvalue weighted by Crippen LogP contribution is -2.09. The molecule has 0 radical (unpaired) electrons. The summed E-state index contributed by atoms with van der Waals surface area (Å²) >= 11 is 0.802. The van der Waals surface area contributed by atoms with E-state index in [4.69, 9.17) is 9.66 Å². The van der Waals surface area contributed by atoms with Crippen molar-refractivity contribution in [3.63, 3.8) is 0 Å². The lowest BCUT2D eigenvalue weighted by atomic mass is 10.1. The second-order valence-electron chi connectivity index (χ2n) is 7.32. The van der Waals surface area contributed by atoms with Gasteiger partial charge in [0.2, 0.25) is 15.8 Å². The molecule has 36 heavy (non-hydrogen) atoms. The van der Waals surface area contributed by atoms with Crippen molar-refractivity contribution in [2.75, 3.05) is 0 Å². The topological polar surface area (TPSA) is 129 Å². The summed E-state index contributed by atoms with van der Waals surface area (Å²) in [7, 11) is -3.93. The maximum Gasteiger partial charge on any atom is 0.416 e. The van der Waals surface area contributed by atoms with Crippen molar-refractivity contribution in [1.29, 1.82) is 0 Å². The van der Waals surface area contributed by atoms with Crippen molar-refractivity contribution >= 4 is 27.0 Å². The van der Waals surface area contributed by atoms with Gasteiger partial charge < -0.3 is 4.52 Å². The highest BCUT2D eigenvalue weighted by Crippen LogP contribution is 2.34. The van der Waals surface area contributed by atoms with E-state index in [2.05, 4.69) is 20.2 Å². The predicted molar refractivity (Wildman–Crippen MR) is 116 cm³/mol. The van der Waals surface area contributed by atoms with E-state index in [-0.39, 0.29) is 38.4 Å². The van der Waals surface area contributed by atoms with Gasteiger partial charge in [0.05, 0.1) is 22.3 Å². The summed E-state index contributed by atoms with van der Waals surface area (Å²) < 4.78 is 95.3. The summed E-state index contributed by atoms with van der Waals surface area (Å²) in [6, 6.07) is 7.60. The van der Waals surface area contributed by atoms with Crippen LogP contribution < -0.4 is 5.14 Å². The molecule has 5 aromatic rings. The third kappa shape index (κ3) is 4.33. The number of hydrogen-bond acceptors (Lipinski definition) is 8. The van der Waals surface area contributed by atoms with E-state index >= 15 is 0 Å². The largest absolute Gasteiger partial charge is 0.416 e. The van der Waals surface area contributed by atoms with E-state index in [9.17, 15) is 30.4 Å². The van der Waals surface area contributed by atoms with Gasteiger partial charge in [-0.05, 0) is 30.3 Å². The van der Waals surface area contributed by atoms with Gasteiger partial charge in [0.1, 0.15) is 15.5 Å². The van der Waals surface area contributed by atoms with Crippen LogP contribution in [0.5, 0.6) is 0 Å². The summed E-state index contributed by atoms with van der Waals surface area (Å²) in [5.41, 5.74) is -1.34. The monoisotopic (exact) mass is 542 g/mol. The van der Waals surface area contributed by atoms with Crippen LogP contribution in [-0.4, -0.2) is 33.2 Å². The number of primary sulfonamides is 1. The Balaban J connectivity index is 1.59. The van der Waals surface area contributed by atoms with Crippen LogP contribution in [0.4, 0.5) is 22.0 Å². The molecule has 0 atom stereocenters. The van der Waals surface area contributed by atoms with E-state index < -0.39 is 33.9 Å². The summed E-state index contributed by atoms with van der Waals surface area (Å²) in [6.45, 7) is 0. The van der Waals surface area contributed by atoms with Crippen molar-refractivity contribution in [2.45, 2.75) is 16.8 Å². The molecule has 5 rings (SSSR count). The van der Waals surface area contributed by atoms with Crippen LogP contribution in [0.1, 0.15) is 17.7 Å². The first-order valence-corrected chi connectivity index (χ1v) is 12.1. The molecule has 0 amide bonds. The lowest BCUT2D eigenvalue weighted by molar-refractivity contribution is -0.137. The highest BCUT2D eigenvalue weighted by Gasteiger charge is 2.30. The number of fused-ring (bicyclic) bond motifs is 1. The average molecular weight is 542 g/mol. The third-order valence-corrected chi connectivity index (χ3v) is 7.49. The molecule has 0 unspecified atom stereocenters. The van der Waals surface area contributed by atoms with Gasteiger partial charge in [-0.1, -0.05) is 17.3 Å². The summed E-state index contributed by atoms with van der Waals surface area (Å²) in [5, 5.41) is 12.8. The molecule has 0 fully saturated rings. The Morgan fingerprint density at radius 1 is 1.06 bits per heavy atom. The zero-order valence-electron chi connectivity index (χ0n) is 17.4. The van der Waals surface area contributed by atoms with Gasteiger partial charge in [-0.2, -0.15) is 23.3 Å². The molecule has 0 bridgehead atoms. The number of nitrogens with two attached hydrogens (primary N) is 1. The van der Waals surface area contributed by atoms with Crippen LogP contribution >= 0.6 is 11.3 Å². The van der Waals surface area contributed by atoms with E-state index in [1.165, 1.54) is 18.3 Å². The second kappa shape index (κ2) is 8.42. The molecule has 2 N–H and O–H groups in total. The van der Waals surface area contributed by atoms with Gasteiger partial charge in [0.15, 0.2) is 5.65 Å². The minimum Gasteiger partial charge on any atom is -0.333 e. The first kappa shape index (κ1) is 24.0. The SMILES string of the molecule is NS(=O)(=O)c1ccc(-c2noc(-c3cnn4c(C(F)F)cc(-c5ccc(C(F)(F)F)cc5)nc34)n2)s1. The molecule has 0 spiro atoms. The van der Waals surface area contributed by atoms with E-state index in [1.54, 1.807) is 0 Å².